The topological polar surface area (TPSA) is 56.3 Å². The molecule has 138 valence electrons. The molecule has 2 aromatic heterocycles. The maximum atomic E-state index is 4.93. The van der Waals surface area contributed by atoms with Crippen molar-refractivity contribution in [3.8, 4) is 0 Å². The Morgan fingerprint density at radius 1 is 0.536 bits per heavy atom. The summed E-state index contributed by atoms with van der Waals surface area (Å²) in [4.78, 5) is 16.2. The average molecular weight is 366 g/mol. The molecule has 4 rings (SSSR count). The van der Waals surface area contributed by atoms with Crippen LogP contribution in [0.1, 0.15) is 34.6 Å². The minimum absolute atomic E-state index is 0.141. The molecule has 2 aromatic carbocycles. The van der Waals surface area contributed by atoms with Crippen LogP contribution in [0.2, 0.25) is 0 Å². The number of hydrogen-bond donors (Lipinski definition) is 2. The second kappa shape index (κ2) is 8.82. The molecule has 0 amide bonds. The summed E-state index contributed by atoms with van der Waals surface area (Å²) < 4.78 is 0. The zero-order valence-electron chi connectivity index (χ0n) is 15.4. The lowest BCUT2D eigenvalue weighted by molar-refractivity contribution is 0.583. The van der Waals surface area contributed by atoms with Gasteiger partial charge in [-0.3, -0.25) is 9.98 Å². The van der Waals surface area contributed by atoms with Gasteiger partial charge in [-0.1, -0.05) is 60.7 Å². The molecule has 0 bridgehead atoms. The predicted octanol–water partition coefficient (Wildman–Crippen LogP) is 5.36. The average Bonchev–Trinajstić information content (AvgIpc) is 3.46. The van der Waals surface area contributed by atoms with Crippen molar-refractivity contribution >= 4 is 12.4 Å². The van der Waals surface area contributed by atoms with E-state index in [2.05, 4.69) is 34.2 Å². The Hall–Kier alpha value is -3.66. The van der Waals surface area contributed by atoms with Crippen molar-refractivity contribution < 1.29 is 0 Å². The van der Waals surface area contributed by atoms with Crippen molar-refractivity contribution in [2.75, 3.05) is 0 Å². The van der Waals surface area contributed by atoms with Gasteiger partial charge in [0.15, 0.2) is 0 Å². The van der Waals surface area contributed by atoms with Crippen molar-refractivity contribution in [3.05, 3.63) is 120 Å². The van der Waals surface area contributed by atoms with E-state index in [9.17, 15) is 0 Å². The Balaban J connectivity index is 1.75. The van der Waals surface area contributed by atoms with Crippen LogP contribution in [0.3, 0.4) is 0 Å². The highest BCUT2D eigenvalue weighted by molar-refractivity contribution is 5.78. The molecular weight excluding hydrogens is 344 g/mol. The third-order valence-corrected chi connectivity index (χ3v) is 4.57. The molecule has 0 aliphatic heterocycles. The van der Waals surface area contributed by atoms with E-state index in [0.29, 0.717) is 0 Å². The van der Waals surface area contributed by atoms with Crippen LogP contribution in [-0.2, 0) is 0 Å². The van der Waals surface area contributed by atoms with Crippen LogP contribution >= 0.6 is 0 Å². The molecule has 28 heavy (non-hydrogen) atoms. The number of nitrogens with zero attached hydrogens (tertiary/aromatic N) is 2. The lowest BCUT2D eigenvalue weighted by Crippen LogP contribution is -2.09. The van der Waals surface area contributed by atoms with Gasteiger partial charge in [0.05, 0.1) is 11.4 Å². The summed E-state index contributed by atoms with van der Waals surface area (Å²) in [6, 6.07) is 28.3. The fourth-order valence-corrected chi connectivity index (χ4v) is 3.17. The van der Waals surface area contributed by atoms with E-state index in [1.807, 2.05) is 85.5 Å². The molecule has 0 spiro atoms. The Morgan fingerprint density at radius 2 is 0.964 bits per heavy atom. The summed E-state index contributed by atoms with van der Waals surface area (Å²) in [5, 5.41) is 0. The highest BCUT2D eigenvalue weighted by Crippen LogP contribution is 2.35. The smallest absolute Gasteiger partial charge is 0.101 e. The molecule has 0 aliphatic carbocycles. The van der Waals surface area contributed by atoms with Crippen LogP contribution in [0.15, 0.2) is 107 Å². The van der Waals surface area contributed by atoms with Crippen LogP contribution in [-0.4, -0.2) is 22.4 Å². The Kier molecular flexibility index (Phi) is 5.59. The first kappa shape index (κ1) is 17.7. The SMILES string of the molecule is C(=NC(c1ccccc1)C(N=Cc1ccc[nH]1)c1ccccc1)c1ccc[nH]1. The molecule has 2 N–H and O–H groups in total. The first-order valence-corrected chi connectivity index (χ1v) is 9.33. The second-order valence-corrected chi connectivity index (χ2v) is 6.52. The first-order chi connectivity index (χ1) is 13.9. The molecule has 2 heterocycles. The number of aromatic amines is 2. The molecular formula is C24H22N4. The van der Waals surface area contributed by atoms with E-state index < -0.39 is 0 Å². The van der Waals surface area contributed by atoms with Crippen LogP contribution in [0, 0.1) is 0 Å². The number of nitrogens with one attached hydrogen (secondary N) is 2. The molecule has 0 saturated heterocycles. The van der Waals surface area contributed by atoms with Crippen molar-refractivity contribution in [1.82, 2.24) is 9.97 Å². The first-order valence-electron chi connectivity index (χ1n) is 9.33. The minimum atomic E-state index is -0.141. The van der Waals surface area contributed by atoms with Gasteiger partial charge in [-0.15, -0.1) is 0 Å². The van der Waals surface area contributed by atoms with Gasteiger partial charge in [-0.05, 0) is 35.4 Å². The summed E-state index contributed by atoms with van der Waals surface area (Å²) in [5.74, 6) is 0. The van der Waals surface area contributed by atoms with Gasteiger partial charge in [0, 0.05) is 24.8 Å². The number of hydrogen-bond acceptors (Lipinski definition) is 2. The molecule has 4 aromatic rings. The maximum absolute atomic E-state index is 4.93. The Bertz CT molecular complexity index is 915. The van der Waals surface area contributed by atoms with Crippen LogP contribution in [0.4, 0.5) is 0 Å². The molecule has 0 saturated carbocycles. The largest absolute Gasteiger partial charge is 0.360 e. The van der Waals surface area contributed by atoms with Gasteiger partial charge in [-0.25, -0.2) is 0 Å². The van der Waals surface area contributed by atoms with Crippen molar-refractivity contribution in [3.63, 3.8) is 0 Å². The number of aromatic nitrogens is 2. The van der Waals surface area contributed by atoms with E-state index >= 15 is 0 Å². The standard InChI is InChI=1S/C24H22N4/c1-3-9-19(10-4-1)23(27-17-21-13-7-15-25-21)24(20-11-5-2-6-12-20)28-18-22-14-8-16-26-22/h1-18,23-26H. The second-order valence-electron chi connectivity index (χ2n) is 6.52. The molecule has 4 nitrogen and oxygen atoms in total. The van der Waals surface area contributed by atoms with Gasteiger partial charge in [-0.2, -0.15) is 0 Å². The van der Waals surface area contributed by atoms with Gasteiger partial charge in [0.25, 0.3) is 0 Å². The lowest BCUT2D eigenvalue weighted by atomic mass is 9.94. The molecule has 2 unspecified atom stereocenters. The van der Waals surface area contributed by atoms with Crippen molar-refractivity contribution in [2.45, 2.75) is 12.1 Å². The summed E-state index contributed by atoms with van der Waals surface area (Å²) >= 11 is 0. The highest BCUT2D eigenvalue weighted by Gasteiger charge is 2.23. The van der Waals surface area contributed by atoms with E-state index in [1.54, 1.807) is 0 Å². The summed E-state index contributed by atoms with van der Waals surface area (Å²) in [5.41, 5.74) is 4.20. The summed E-state index contributed by atoms with van der Waals surface area (Å²) in [6.45, 7) is 0. The minimum Gasteiger partial charge on any atom is -0.360 e. The highest BCUT2D eigenvalue weighted by atomic mass is 14.9. The number of benzene rings is 2. The van der Waals surface area contributed by atoms with Gasteiger partial charge >= 0.3 is 0 Å². The van der Waals surface area contributed by atoms with E-state index in [-0.39, 0.29) is 12.1 Å². The zero-order valence-corrected chi connectivity index (χ0v) is 15.4. The quantitative estimate of drug-likeness (QED) is 0.414. The van der Waals surface area contributed by atoms with Gasteiger partial charge in [0.1, 0.15) is 12.1 Å². The van der Waals surface area contributed by atoms with Crippen molar-refractivity contribution in [2.24, 2.45) is 9.98 Å². The number of H-pyrrole nitrogens is 2. The van der Waals surface area contributed by atoms with Crippen LogP contribution in [0.5, 0.6) is 0 Å². The van der Waals surface area contributed by atoms with Gasteiger partial charge in [0.2, 0.25) is 0 Å². The van der Waals surface area contributed by atoms with Crippen molar-refractivity contribution in [1.29, 1.82) is 0 Å². The number of aliphatic imine (C=N–C) groups is 2. The fourth-order valence-electron chi connectivity index (χ4n) is 3.17. The third kappa shape index (κ3) is 4.35. The molecule has 0 fully saturated rings. The van der Waals surface area contributed by atoms with Crippen LogP contribution < -0.4 is 0 Å². The van der Waals surface area contributed by atoms with Crippen LogP contribution in [0.25, 0.3) is 0 Å². The van der Waals surface area contributed by atoms with Gasteiger partial charge < -0.3 is 9.97 Å². The number of rotatable bonds is 7. The Labute approximate surface area is 164 Å². The molecule has 0 aliphatic rings. The Morgan fingerprint density at radius 3 is 1.32 bits per heavy atom. The summed E-state index contributed by atoms with van der Waals surface area (Å²) in [7, 11) is 0. The fraction of sp³-hybridized carbons (Fsp3) is 0.0833. The third-order valence-electron chi connectivity index (χ3n) is 4.57. The molecule has 4 heteroatoms. The van der Waals surface area contributed by atoms with E-state index in [1.165, 1.54) is 0 Å². The monoisotopic (exact) mass is 366 g/mol. The van der Waals surface area contributed by atoms with E-state index in [0.717, 1.165) is 22.5 Å². The lowest BCUT2D eigenvalue weighted by Gasteiger charge is -2.22. The summed E-state index contributed by atoms with van der Waals surface area (Å²) in [6.07, 6.45) is 7.57. The normalized spacial score (nSPS) is 13.9. The maximum Gasteiger partial charge on any atom is 0.101 e. The zero-order chi connectivity index (χ0) is 19.0. The predicted molar refractivity (Wildman–Crippen MR) is 115 cm³/mol. The molecule has 0 radical (unpaired) electrons. The van der Waals surface area contributed by atoms with E-state index in [4.69, 9.17) is 9.98 Å². The molecule has 2 atom stereocenters.